The SMILES string of the molecule is COC(=O)N1c2ccc3c(nc([C@@H](C)OC4CCOCC4)n3C3CCC(C(=O)O)CC3)c2CCC1C. The molecule has 1 unspecified atom stereocenters. The van der Waals surface area contributed by atoms with Crippen molar-refractivity contribution in [2.75, 3.05) is 25.2 Å². The molecule has 2 aromatic rings. The summed E-state index contributed by atoms with van der Waals surface area (Å²) in [5.74, 6) is -0.100. The number of anilines is 1. The molecule has 3 heterocycles. The fourth-order valence-corrected chi connectivity index (χ4v) is 6.21. The summed E-state index contributed by atoms with van der Waals surface area (Å²) in [6, 6.07) is 4.28. The lowest BCUT2D eigenvalue weighted by Crippen LogP contribution is -2.42. The van der Waals surface area contributed by atoms with Crippen LogP contribution in [0, 0.1) is 5.92 Å². The van der Waals surface area contributed by atoms with Crippen LogP contribution in [0.15, 0.2) is 12.1 Å². The van der Waals surface area contributed by atoms with E-state index in [1.807, 2.05) is 13.0 Å². The van der Waals surface area contributed by atoms with Gasteiger partial charge in [-0.05, 0) is 77.3 Å². The maximum Gasteiger partial charge on any atom is 0.414 e. The van der Waals surface area contributed by atoms with E-state index in [0.29, 0.717) is 26.1 Å². The van der Waals surface area contributed by atoms with E-state index in [9.17, 15) is 14.7 Å². The molecule has 2 aliphatic heterocycles. The zero-order valence-electron chi connectivity index (χ0n) is 21.4. The molecular weight excluding hydrogens is 462 g/mol. The molecule has 1 saturated carbocycles. The van der Waals surface area contributed by atoms with Gasteiger partial charge in [0, 0.05) is 30.9 Å². The van der Waals surface area contributed by atoms with E-state index in [4.69, 9.17) is 19.2 Å². The highest BCUT2D eigenvalue weighted by Gasteiger charge is 2.35. The lowest BCUT2D eigenvalue weighted by atomic mass is 9.85. The van der Waals surface area contributed by atoms with E-state index in [1.54, 1.807) is 4.90 Å². The van der Waals surface area contributed by atoms with Gasteiger partial charge in [-0.15, -0.1) is 0 Å². The summed E-state index contributed by atoms with van der Waals surface area (Å²) < 4.78 is 19.4. The molecule has 3 aliphatic rings. The average molecular weight is 500 g/mol. The first kappa shape index (κ1) is 25.0. The number of carbonyl (C=O) groups is 2. The molecule has 2 fully saturated rings. The van der Waals surface area contributed by atoms with Crippen LogP contribution in [-0.2, 0) is 25.4 Å². The topological polar surface area (TPSA) is 103 Å². The summed E-state index contributed by atoms with van der Waals surface area (Å²) >= 11 is 0. The van der Waals surface area contributed by atoms with Gasteiger partial charge in [0.25, 0.3) is 0 Å². The van der Waals surface area contributed by atoms with Crippen molar-refractivity contribution in [3.8, 4) is 0 Å². The van der Waals surface area contributed by atoms with Crippen LogP contribution >= 0.6 is 0 Å². The molecule has 1 N–H and O–H groups in total. The molecular formula is C27H37N3O6. The summed E-state index contributed by atoms with van der Waals surface area (Å²) in [4.78, 5) is 31.1. The van der Waals surface area contributed by atoms with Crippen molar-refractivity contribution in [2.24, 2.45) is 5.92 Å². The summed E-state index contributed by atoms with van der Waals surface area (Å²) in [5.41, 5.74) is 3.86. The zero-order chi connectivity index (χ0) is 25.4. The Morgan fingerprint density at radius 2 is 1.83 bits per heavy atom. The number of methoxy groups -OCH3 is 1. The highest BCUT2D eigenvalue weighted by atomic mass is 16.5. The van der Waals surface area contributed by atoms with Gasteiger partial charge in [-0.1, -0.05) is 0 Å². The maximum absolute atomic E-state index is 12.6. The Balaban J connectivity index is 1.56. The first-order valence-electron chi connectivity index (χ1n) is 13.3. The quantitative estimate of drug-likeness (QED) is 0.616. The first-order valence-corrected chi connectivity index (χ1v) is 13.3. The molecule has 2 atom stereocenters. The van der Waals surface area contributed by atoms with Gasteiger partial charge in [0.15, 0.2) is 0 Å². The predicted octanol–water partition coefficient (Wildman–Crippen LogP) is 5.02. The standard InChI is InChI=1S/C27H37N3O6/c1-16-4-9-21-22(29(16)27(33)34-3)10-11-23-24(21)28-25(17(2)36-20-12-14-35-15-13-20)30(23)19-7-5-18(6-8-19)26(31)32/h10-11,16-20H,4-9,12-15H2,1-3H3,(H,31,32)/t16?,17-,18?,19?/m1/s1. The molecule has 1 aromatic carbocycles. The number of hydrogen-bond donors (Lipinski definition) is 1. The van der Waals surface area contributed by atoms with Gasteiger partial charge in [-0.25, -0.2) is 9.78 Å². The summed E-state index contributed by atoms with van der Waals surface area (Å²) in [6.45, 7) is 5.52. The van der Waals surface area contributed by atoms with E-state index >= 15 is 0 Å². The monoisotopic (exact) mass is 499 g/mol. The first-order chi connectivity index (χ1) is 17.4. The van der Waals surface area contributed by atoms with Crippen molar-refractivity contribution in [1.29, 1.82) is 0 Å². The summed E-state index contributed by atoms with van der Waals surface area (Å²) in [5, 5.41) is 9.50. The van der Waals surface area contributed by atoms with Crippen LogP contribution in [-0.4, -0.2) is 59.2 Å². The maximum atomic E-state index is 12.6. The third-order valence-electron chi connectivity index (χ3n) is 8.19. The molecule has 0 radical (unpaired) electrons. The van der Waals surface area contributed by atoms with Crippen LogP contribution in [0.5, 0.6) is 0 Å². The van der Waals surface area contributed by atoms with Crippen molar-refractivity contribution < 1.29 is 28.9 Å². The fraction of sp³-hybridized carbons (Fsp3) is 0.667. The van der Waals surface area contributed by atoms with E-state index in [2.05, 4.69) is 17.6 Å². The number of imidazole rings is 1. The van der Waals surface area contributed by atoms with Crippen molar-refractivity contribution in [1.82, 2.24) is 9.55 Å². The third kappa shape index (κ3) is 4.59. The molecule has 1 aliphatic carbocycles. The minimum absolute atomic E-state index is 0.0473. The van der Waals surface area contributed by atoms with Gasteiger partial charge in [0.2, 0.25) is 0 Å². The number of carboxylic acid groups (broad SMARTS) is 1. The Hall–Kier alpha value is -2.65. The van der Waals surface area contributed by atoms with Crippen molar-refractivity contribution >= 4 is 28.8 Å². The molecule has 1 saturated heterocycles. The molecule has 5 rings (SSSR count). The van der Waals surface area contributed by atoms with Gasteiger partial charge in [-0.2, -0.15) is 0 Å². The number of nitrogens with zero attached hydrogens (tertiary/aromatic N) is 3. The van der Waals surface area contributed by atoms with E-state index in [0.717, 1.165) is 66.6 Å². The Morgan fingerprint density at radius 1 is 1.11 bits per heavy atom. The van der Waals surface area contributed by atoms with Crippen LogP contribution in [0.25, 0.3) is 11.0 Å². The number of aryl methyl sites for hydroxylation is 1. The number of carboxylic acids is 1. The van der Waals surface area contributed by atoms with Crippen molar-refractivity contribution in [3.05, 3.63) is 23.5 Å². The highest BCUT2D eigenvalue weighted by Crippen LogP contribution is 2.42. The molecule has 9 nitrogen and oxygen atoms in total. The van der Waals surface area contributed by atoms with Crippen LogP contribution < -0.4 is 4.90 Å². The van der Waals surface area contributed by atoms with Gasteiger partial charge >= 0.3 is 12.1 Å². The van der Waals surface area contributed by atoms with E-state index < -0.39 is 5.97 Å². The second-order valence-corrected chi connectivity index (χ2v) is 10.4. The summed E-state index contributed by atoms with van der Waals surface area (Å²) in [7, 11) is 1.41. The second-order valence-electron chi connectivity index (χ2n) is 10.4. The number of benzene rings is 1. The second kappa shape index (κ2) is 10.4. The molecule has 36 heavy (non-hydrogen) atoms. The van der Waals surface area contributed by atoms with Gasteiger partial charge in [-0.3, -0.25) is 9.69 Å². The van der Waals surface area contributed by atoms with Gasteiger partial charge in [0.05, 0.1) is 35.9 Å². The number of rotatable bonds is 5. The largest absolute Gasteiger partial charge is 0.481 e. The molecule has 9 heteroatoms. The minimum atomic E-state index is -0.702. The normalized spacial score (nSPS) is 26.0. The van der Waals surface area contributed by atoms with Crippen LogP contribution in [0.2, 0.25) is 0 Å². The number of fused-ring (bicyclic) bond motifs is 3. The number of ether oxygens (including phenoxy) is 3. The Kier molecular flexibility index (Phi) is 7.21. The van der Waals surface area contributed by atoms with Crippen LogP contribution in [0.1, 0.15) is 82.3 Å². The molecule has 0 bridgehead atoms. The number of carbonyl (C=O) groups excluding carboxylic acids is 1. The number of hydrogen-bond acceptors (Lipinski definition) is 6. The van der Waals surface area contributed by atoms with Gasteiger partial charge in [0.1, 0.15) is 11.9 Å². The molecule has 1 amide bonds. The Labute approximate surface area is 211 Å². The number of aromatic nitrogens is 2. The Morgan fingerprint density at radius 3 is 2.50 bits per heavy atom. The summed E-state index contributed by atoms with van der Waals surface area (Å²) in [6.07, 6.45) is 5.88. The lowest BCUT2D eigenvalue weighted by molar-refractivity contribution is -0.143. The van der Waals surface area contributed by atoms with E-state index in [1.165, 1.54) is 7.11 Å². The average Bonchev–Trinajstić information content (AvgIpc) is 3.29. The number of amides is 1. The Bertz CT molecular complexity index is 1120. The smallest absolute Gasteiger partial charge is 0.414 e. The van der Waals surface area contributed by atoms with Crippen molar-refractivity contribution in [2.45, 2.75) is 89.5 Å². The molecule has 1 aromatic heterocycles. The van der Waals surface area contributed by atoms with Crippen LogP contribution in [0.3, 0.4) is 0 Å². The van der Waals surface area contributed by atoms with Crippen molar-refractivity contribution in [3.63, 3.8) is 0 Å². The third-order valence-corrected chi connectivity index (χ3v) is 8.19. The lowest BCUT2D eigenvalue weighted by Gasteiger charge is -2.34. The number of aliphatic carboxylic acids is 1. The molecule has 196 valence electrons. The highest BCUT2D eigenvalue weighted by molar-refractivity contribution is 5.95. The van der Waals surface area contributed by atoms with Crippen LogP contribution in [0.4, 0.5) is 10.5 Å². The molecule has 0 spiro atoms. The predicted molar refractivity (Wildman–Crippen MR) is 134 cm³/mol. The minimum Gasteiger partial charge on any atom is -0.481 e. The van der Waals surface area contributed by atoms with E-state index in [-0.39, 0.29) is 36.3 Å². The fourth-order valence-electron chi connectivity index (χ4n) is 6.21. The van der Waals surface area contributed by atoms with Gasteiger partial charge < -0.3 is 23.9 Å². The zero-order valence-corrected chi connectivity index (χ0v) is 21.4.